The fraction of sp³-hybridized carbons (Fsp3) is 0.333. The molecule has 1 N–H and O–H groups in total. The summed E-state index contributed by atoms with van der Waals surface area (Å²) >= 11 is 0. The van der Waals surface area contributed by atoms with Crippen LogP contribution in [0.4, 0.5) is 5.69 Å². The molecule has 1 saturated carbocycles. The van der Waals surface area contributed by atoms with E-state index in [-0.39, 0.29) is 30.4 Å². The normalized spacial score (nSPS) is 22.1. The van der Waals surface area contributed by atoms with Gasteiger partial charge in [0.1, 0.15) is 0 Å². The number of nitrogens with one attached hydrogen (secondary N) is 1. The molecule has 2 amide bonds. The van der Waals surface area contributed by atoms with Crippen LogP contribution >= 0.6 is 0 Å². The van der Waals surface area contributed by atoms with E-state index in [0.29, 0.717) is 30.2 Å². The van der Waals surface area contributed by atoms with Crippen molar-refractivity contribution in [3.63, 3.8) is 0 Å². The number of nitrogens with zero attached hydrogens (tertiary/aromatic N) is 1. The van der Waals surface area contributed by atoms with Gasteiger partial charge in [-0.25, -0.2) is 0 Å². The summed E-state index contributed by atoms with van der Waals surface area (Å²) in [5.41, 5.74) is 3.18. The van der Waals surface area contributed by atoms with Gasteiger partial charge in [0.05, 0.1) is 11.8 Å². The fourth-order valence-electron chi connectivity index (χ4n) is 3.89. The molecule has 1 aliphatic carbocycles. The molecule has 3 aliphatic rings. The van der Waals surface area contributed by atoms with E-state index in [1.165, 1.54) is 11.1 Å². The van der Waals surface area contributed by atoms with Crippen molar-refractivity contribution in [3.05, 3.63) is 53.6 Å². The summed E-state index contributed by atoms with van der Waals surface area (Å²) in [7, 11) is 0. The molecule has 1 fully saturated rings. The van der Waals surface area contributed by atoms with Crippen LogP contribution in [0.15, 0.2) is 42.5 Å². The topological polar surface area (TPSA) is 67.9 Å². The van der Waals surface area contributed by atoms with Gasteiger partial charge in [-0.05, 0) is 36.1 Å². The van der Waals surface area contributed by atoms with Crippen LogP contribution < -0.4 is 14.8 Å². The summed E-state index contributed by atoms with van der Waals surface area (Å²) in [6.45, 7) is 1.57. The van der Waals surface area contributed by atoms with Crippen molar-refractivity contribution in [1.82, 2.24) is 4.90 Å². The minimum atomic E-state index is -0.250. The van der Waals surface area contributed by atoms with Gasteiger partial charge in [-0.1, -0.05) is 24.3 Å². The predicted molar refractivity (Wildman–Crippen MR) is 98.4 cm³/mol. The average molecular weight is 364 g/mol. The minimum Gasteiger partial charge on any atom is -0.454 e. The number of ether oxygens (including phenoxy) is 2. The second kappa shape index (κ2) is 6.30. The quantitative estimate of drug-likeness (QED) is 0.909. The van der Waals surface area contributed by atoms with Crippen LogP contribution in [0.5, 0.6) is 11.5 Å². The first kappa shape index (κ1) is 16.2. The summed E-state index contributed by atoms with van der Waals surface area (Å²) in [6, 6.07) is 13.5. The smallest absolute Gasteiger partial charge is 0.231 e. The van der Waals surface area contributed by atoms with E-state index < -0.39 is 0 Å². The van der Waals surface area contributed by atoms with Crippen LogP contribution in [0.2, 0.25) is 0 Å². The van der Waals surface area contributed by atoms with Crippen molar-refractivity contribution in [2.75, 3.05) is 18.7 Å². The lowest BCUT2D eigenvalue weighted by atomic mass is 9.99. The number of fused-ring (bicyclic) bond motifs is 2. The first-order valence-corrected chi connectivity index (χ1v) is 9.25. The largest absolute Gasteiger partial charge is 0.454 e. The molecule has 2 aromatic rings. The zero-order chi connectivity index (χ0) is 18.4. The molecule has 6 nitrogen and oxygen atoms in total. The van der Waals surface area contributed by atoms with E-state index in [2.05, 4.69) is 17.4 Å². The molecule has 2 aliphatic heterocycles. The van der Waals surface area contributed by atoms with Crippen LogP contribution in [0, 0.1) is 11.8 Å². The van der Waals surface area contributed by atoms with Gasteiger partial charge < -0.3 is 19.7 Å². The maximum atomic E-state index is 12.8. The van der Waals surface area contributed by atoms with E-state index in [9.17, 15) is 9.59 Å². The summed E-state index contributed by atoms with van der Waals surface area (Å²) in [5, 5.41) is 2.89. The number of anilines is 1. The van der Waals surface area contributed by atoms with Gasteiger partial charge in [-0.2, -0.15) is 0 Å². The second-order valence-electron chi connectivity index (χ2n) is 7.28. The number of hydrogen-bond donors (Lipinski definition) is 1. The maximum absolute atomic E-state index is 12.8. The van der Waals surface area contributed by atoms with Crippen LogP contribution in [-0.2, 0) is 22.6 Å². The van der Waals surface area contributed by atoms with Crippen molar-refractivity contribution in [3.8, 4) is 11.5 Å². The lowest BCUT2D eigenvalue weighted by Crippen LogP contribution is -2.37. The number of rotatable bonds is 3. The van der Waals surface area contributed by atoms with Gasteiger partial charge in [-0.3, -0.25) is 9.59 Å². The Labute approximate surface area is 157 Å². The number of amides is 2. The SMILES string of the molecule is O=C(Nc1ccc2c(c1)OCO2)C1CC1C(=O)N1CCc2ccccc2C1. The number of benzene rings is 2. The van der Waals surface area contributed by atoms with Crippen LogP contribution in [0.25, 0.3) is 0 Å². The van der Waals surface area contributed by atoms with Crippen LogP contribution in [0.1, 0.15) is 17.5 Å². The molecule has 0 saturated heterocycles. The highest BCUT2D eigenvalue weighted by molar-refractivity contribution is 5.99. The third kappa shape index (κ3) is 3.01. The molecular weight excluding hydrogens is 344 g/mol. The molecule has 6 heteroatoms. The average Bonchev–Trinajstić information content (AvgIpc) is 3.37. The van der Waals surface area contributed by atoms with Gasteiger partial charge in [0.2, 0.25) is 18.6 Å². The monoisotopic (exact) mass is 364 g/mol. The Morgan fingerprint density at radius 1 is 1.00 bits per heavy atom. The fourth-order valence-corrected chi connectivity index (χ4v) is 3.89. The molecule has 2 aromatic carbocycles. The van der Waals surface area contributed by atoms with Gasteiger partial charge >= 0.3 is 0 Å². The van der Waals surface area contributed by atoms with Gasteiger partial charge in [0.15, 0.2) is 11.5 Å². The predicted octanol–water partition coefficient (Wildman–Crippen LogP) is 2.57. The van der Waals surface area contributed by atoms with Crippen LogP contribution in [-0.4, -0.2) is 30.1 Å². The molecule has 5 rings (SSSR count). The van der Waals surface area contributed by atoms with Crippen molar-refractivity contribution in [2.24, 2.45) is 11.8 Å². The van der Waals surface area contributed by atoms with Gasteiger partial charge in [0.25, 0.3) is 0 Å². The highest BCUT2D eigenvalue weighted by Crippen LogP contribution is 2.42. The molecular formula is C21H20N2O4. The van der Waals surface area contributed by atoms with Crippen molar-refractivity contribution in [2.45, 2.75) is 19.4 Å². The van der Waals surface area contributed by atoms with Crippen molar-refractivity contribution >= 4 is 17.5 Å². The summed E-state index contributed by atoms with van der Waals surface area (Å²) in [6.07, 6.45) is 1.50. The highest BCUT2D eigenvalue weighted by Gasteiger charge is 2.49. The Morgan fingerprint density at radius 3 is 2.70 bits per heavy atom. The summed E-state index contributed by atoms with van der Waals surface area (Å²) in [4.78, 5) is 27.2. The van der Waals surface area contributed by atoms with E-state index in [1.54, 1.807) is 18.2 Å². The molecule has 0 spiro atoms. The molecule has 0 bridgehead atoms. The molecule has 0 aromatic heterocycles. The molecule has 2 atom stereocenters. The van der Waals surface area contributed by atoms with E-state index in [1.807, 2.05) is 17.0 Å². The molecule has 2 heterocycles. The Balaban J connectivity index is 1.20. The number of hydrogen-bond acceptors (Lipinski definition) is 4. The van der Waals surface area contributed by atoms with Crippen molar-refractivity contribution in [1.29, 1.82) is 0 Å². The van der Waals surface area contributed by atoms with Crippen molar-refractivity contribution < 1.29 is 19.1 Å². The zero-order valence-corrected chi connectivity index (χ0v) is 14.8. The maximum Gasteiger partial charge on any atom is 0.231 e. The second-order valence-corrected chi connectivity index (χ2v) is 7.28. The third-order valence-electron chi connectivity index (χ3n) is 5.53. The van der Waals surface area contributed by atoms with Gasteiger partial charge in [-0.15, -0.1) is 0 Å². The Bertz CT molecular complexity index is 926. The minimum absolute atomic E-state index is 0.0929. The van der Waals surface area contributed by atoms with Gasteiger partial charge in [0, 0.05) is 24.8 Å². The summed E-state index contributed by atoms with van der Waals surface area (Å²) in [5.74, 6) is 0.838. The first-order valence-electron chi connectivity index (χ1n) is 9.25. The van der Waals surface area contributed by atoms with Crippen LogP contribution in [0.3, 0.4) is 0 Å². The lowest BCUT2D eigenvalue weighted by Gasteiger charge is -2.29. The Hall–Kier alpha value is -3.02. The molecule has 0 radical (unpaired) electrons. The van der Waals surface area contributed by atoms with E-state index >= 15 is 0 Å². The standard InChI is InChI=1S/C21H20N2O4/c24-20(22-15-5-6-18-19(9-15)27-12-26-18)16-10-17(16)21(25)23-8-7-13-3-1-2-4-14(13)11-23/h1-6,9,16-17H,7-8,10-12H2,(H,22,24). The summed E-state index contributed by atoms with van der Waals surface area (Å²) < 4.78 is 10.6. The molecule has 27 heavy (non-hydrogen) atoms. The first-order chi connectivity index (χ1) is 13.2. The molecule has 138 valence electrons. The molecule has 2 unspecified atom stereocenters. The number of carbonyl (C=O) groups is 2. The third-order valence-corrected chi connectivity index (χ3v) is 5.53. The zero-order valence-electron chi connectivity index (χ0n) is 14.8. The van der Waals surface area contributed by atoms with E-state index in [4.69, 9.17) is 9.47 Å². The Morgan fingerprint density at radius 2 is 1.81 bits per heavy atom. The lowest BCUT2D eigenvalue weighted by molar-refractivity contribution is -0.135. The Kier molecular flexibility index (Phi) is 3.77. The van der Waals surface area contributed by atoms with E-state index in [0.717, 1.165) is 13.0 Å². The number of carbonyl (C=O) groups excluding carboxylic acids is 2. The highest BCUT2D eigenvalue weighted by atomic mass is 16.7.